The second kappa shape index (κ2) is 23.2. The van der Waals surface area contributed by atoms with Crippen LogP contribution in [0.2, 0.25) is 30.1 Å². The van der Waals surface area contributed by atoms with Gasteiger partial charge in [-0.2, -0.15) is 0 Å². The molecule has 4 N–H and O–H groups in total. The van der Waals surface area contributed by atoms with E-state index in [0.717, 1.165) is 0 Å². The molecule has 0 aliphatic rings. The van der Waals surface area contributed by atoms with Crippen LogP contribution in [0, 0.1) is 11.6 Å². The average Bonchev–Trinajstić information content (AvgIpc) is 3.33. The predicted molar refractivity (Wildman–Crippen MR) is 276 cm³/mol. The van der Waals surface area contributed by atoms with E-state index in [2.05, 4.69) is 20.6 Å². The van der Waals surface area contributed by atoms with Gasteiger partial charge in [0, 0.05) is 59.3 Å². The Morgan fingerprint density at radius 1 is 0.528 bits per heavy atom. The monoisotopic (exact) mass is 1090 g/mol. The number of pyridine rings is 2. The Bertz CT molecular complexity index is 3180. The van der Waals surface area contributed by atoms with Gasteiger partial charge < -0.3 is 30.3 Å². The number of benzene rings is 6. The number of rotatable bonds is 14. The summed E-state index contributed by atoms with van der Waals surface area (Å²) in [5, 5.41) is 26.6. The lowest BCUT2D eigenvalue weighted by Gasteiger charge is -2.18. The van der Waals surface area contributed by atoms with Crippen LogP contribution in [0.25, 0.3) is 44.1 Å². The number of carbonyl (C=O) groups excluding carboxylic acids is 2. The number of carbonyl (C=O) groups is 4. The van der Waals surface area contributed by atoms with Crippen LogP contribution in [0.1, 0.15) is 31.8 Å². The molecule has 2 heterocycles. The maximum atomic E-state index is 13.9. The fraction of sp³-hybridized carbons (Fsp3) is 0.115. The quantitative estimate of drug-likeness (QED) is 0.0819. The molecule has 0 radical (unpaired) electrons. The third-order valence-corrected chi connectivity index (χ3v) is 13.0. The van der Waals surface area contributed by atoms with Crippen molar-refractivity contribution < 1.29 is 47.6 Å². The fourth-order valence-corrected chi connectivity index (χ4v) is 9.64. The number of aliphatic carboxylic acids is 2. The molecule has 12 nitrogen and oxygen atoms in total. The third kappa shape index (κ3) is 11.6. The largest absolute Gasteiger partial charge is 0.496 e. The molecule has 2 atom stereocenters. The smallest absolute Gasteiger partial charge is 0.326 e. The number of carboxylic acids is 2. The van der Waals surface area contributed by atoms with Crippen molar-refractivity contribution in [2.24, 2.45) is 0 Å². The van der Waals surface area contributed by atoms with E-state index in [-0.39, 0.29) is 65.6 Å². The third-order valence-electron chi connectivity index (χ3n) is 11.2. The Morgan fingerprint density at radius 3 is 1.22 bits per heavy atom. The van der Waals surface area contributed by atoms with Crippen LogP contribution in [0.15, 0.2) is 122 Å². The summed E-state index contributed by atoms with van der Waals surface area (Å²) in [6.07, 6.45) is 2.98. The molecule has 6 aromatic carbocycles. The molecule has 0 unspecified atom stereocenters. The zero-order valence-electron chi connectivity index (χ0n) is 37.4. The highest BCUT2D eigenvalue weighted by molar-refractivity contribution is 6.40. The van der Waals surface area contributed by atoms with Crippen molar-refractivity contribution in [2.75, 3.05) is 14.2 Å². The summed E-state index contributed by atoms with van der Waals surface area (Å²) in [5.41, 5.74) is 4.29. The normalized spacial score (nSPS) is 11.8. The Balaban J connectivity index is 0.000000211. The zero-order valence-corrected chi connectivity index (χ0v) is 41.9. The molecule has 2 amide bonds. The van der Waals surface area contributed by atoms with Gasteiger partial charge in [-0.05, 0) is 70.8 Å². The summed E-state index contributed by atoms with van der Waals surface area (Å²) in [5.74, 6) is -4.53. The van der Waals surface area contributed by atoms with E-state index in [1.54, 1.807) is 73.1 Å². The number of aromatic nitrogens is 2. The van der Waals surface area contributed by atoms with Crippen molar-refractivity contribution in [3.8, 4) is 33.8 Å². The molecule has 368 valence electrons. The van der Waals surface area contributed by atoms with E-state index in [1.807, 2.05) is 0 Å². The van der Waals surface area contributed by atoms with E-state index in [9.17, 15) is 38.2 Å². The molecule has 8 aromatic rings. The minimum absolute atomic E-state index is 0.0107. The highest BCUT2D eigenvalue weighted by Crippen LogP contribution is 2.43. The summed E-state index contributed by atoms with van der Waals surface area (Å²) >= 11 is 37.1. The summed E-state index contributed by atoms with van der Waals surface area (Å²) in [6, 6.07) is 25.2. The van der Waals surface area contributed by atoms with Crippen molar-refractivity contribution in [3.05, 3.63) is 186 Å². The van der Waals surface area contributed by atoms with Crippen LogP contribution in [0.3, 0.4) is 0 Å². The lowest BCUT2D eigenvalue weighted by atomic mass is 9.94. The van der Waals surface area contributed by atoms with Crippen molar-refractivity contribution >= 4 is 115 Å². The topological polar surface area (TPSA) is 177 Å². The summed E-state index contributed by atoms with van der Waals surface area (Å²) < 4.78 is 38.5. The van der Waals surface area contributed by atoms with Gasteiger partial charge in [0.25, 0.3) is 11.8 Å². The van der Waals surface area contributed by atoms with Crippen molar-refractivity contribution in [2.45, 2.75) is 24.9 Å². The first kappa shape index (κ1) is 53.0. The van der Waals surface area contributed by atoms with Crippen LogP contribution in [-0.4, -0.2) is 70.2 Å². The standard InChI is InChI=1S/2C26H18Cl3FN2O4/c2*1-36-21-12-14(30)11-19(29)22(21)15-8-7-13(24-16(15)4-3-9-31-24)10-20(26(34)35)32-25(33)23-17(27)5-2-6-18(23)28/h2*2-9,11-12,20H,10H2,1H3,(H,32,33)(H,34,35)/t2*20-/m00/s1. The first-order valence-corrected chi connectivity index (χ1v) is 23.4. The number of fused-ring (bicyclic) bond motifs is 2. The van der Waals surface area contributed by atoms with Gasteiger partial charge in [-0.25, -0.2) is 18.4 Å². The highest BCUT2D eigenvalue weighted by Gasteiger charge is 2.28. The first-order valence-electron chi connectivity index (χ1n) is 21.2. The van der Waals surface area contributed by atoms with Gasteiger partial charge in [0.15, 0.2) is 0 Å². The zero-order chi connectivity index (χ0) is 52.0. The second-order valence-electron chi connectivity index (χ2n) is 15.6. The van der Waals surface area contributed by atoms with E-state index in [1.165, 1.54) is 62.8 Å². The second-order valence-corrected chi connectivity index (χ2v) is 18.0. The lowest BCUT2D eigenvalue weighted by Crippen LogP contribution is -2.42. The number of hydrogen-bond donors (Lipinski definition) is 4. The maximum absolute atomic E-state index is 13.9. The molecule has 8 rings (SSSR count). The van der Waals surface area contributed by atoms with Crippen LogP contribution in [-0.2, 0) is 22.4 Å². The first-order chi connectivity index (χ1) is 34.4. The van der Waals surface area contributed by atoms with Crippen LogP contribution in [0.5, 0.6) is 11.5 Å². The van der Waals surface area contributed by atoms with Gasteiger partial charge >= 0.3 is 11.9 Å². The van der Waals surface area contributed by atoms with Crippen LogP contribution < -0.4 is 20.1 Å². The van der Waals surface area contributed by atoms with Crippen LogP contribution in [0.4, 0.5) is 8.78 Å². The number of nitrogens with zero attached hydrogens (tertiary/aromatic N) is 2. The average molecular weight is 1100 g/mol. The summed E-state index contributed by atoms with van der Waals surface area (Å²) in [4.78, 5) is 58.6. The van der Waals surface area contributed by atoms with Crippen LogP contribution >= 0.6 is 69.6 Å². The number of methoxy groups -OCH3 is 2. The molecule has 0 saturated heterocycles. The molecule has 0 aliphatic carbocycles. The van der Waals surface area contributed by atoms with Gasteiger partial charge in [0.2, 0.25) is 0 Å². The minimum Gasteiger partial charge on any atom is -0.496 e. The molecule has 20 heteroatoms. The Kier molecular flexibility index (Phi) is 17.1. The molecule has 0 spiro atoms. The van der Waals surface area contributed by atoms with Crippen molar-refractivity contribution in [3.63, 3.8) is 0 Å². The van der Waals surface area contributed by atoms with Gasteiger partial charge in [0.05, 0.1) is 66.5 Å². The fourth-order valence-electron chi connectivity index (χ4n) is 7.90. The number of hydrogen-bond acceptors (Lipinski definition) is 8. The lowest BCUT2D eigenvalue weighted by molar-refractivity contribution is -0.140. The number of halogens is 8. The molecule has 0 bridgehead atoms. The summed E-state index contributed by atoms with van der Waals surface area (Å²) in [6.45, 7) is 0. The molecule has 2 aromatic heterocycles. The van der Waals surface area contributed by atoms with E-state index < -0.39 is 47.5 Å². The molecular weight excluding hydrogens is 1060 g/mol. The van der Waals surface area contributed by atoms with Crippen molar-refractivity contribution in [1.82, 2.24) is 20.6 Å². The Labute approximate surface area is 439 Å². The highest BCUT2D eigenvalue weighted by atomic mass is 35.5. The predicted octanol–water partition coefficient (Wildman–Crippen LogP) is 12.9. The maximum Gasteiger partial charge on any atom is 0.326 e. The van der Waals surface area contributed by atoms with Gasteiger partial charge in [0.1, 0.15) is 35.2 Å². The number of nitrogens with one attached hydrogen (secondary N) is 2. The Hall–Kier alpha value is -6.78. The molecule has 0 aliphatic heterocycles. The summed E-state index contributed by atoms with van der Waals surface area (Å²) in [7, 11) is 2.82. The Morgan fingerprint density at radius 2 is 0.889 bits per heavy atom. The molecule has 72 heavy (non-hydrogen) atoms. The van der Waals surface area contributed by atoms with Gasteiger partial charge in [-0.3, -0.25) is 19.6 Å². The number of carboxylic acid groups (broad SMARTS) is 2. The minimum atomic E-state index is -1.30. The van der Waals surface area contributed by atoms with E-state index in [0.29, 0.717) is 55.2 Å². The molecule has 0 fully saturated rings. The van der Waals surface area contributed by atoms with E-state index in [4.69, 9.17) is 79.1 Å². The molecular formula is C52H36Cl6F2N4O8. The molecule has 0 saturated carbocycles. The van der Waals surface area contributed by atoms with Gasteiger partial charge in [-0.15, -0.1) is 0 Å². The van der Waals surface area contributed by atoms with Gasteiger partial charge in [-0.1, -0.05) is 118 Å². The van der Waals surface area contributed by atoms with E-state index >= 15 is 0 Å². The number of amides is 2. The van der Waals surface area contributed by atoms with Crippen molar-refractivity contribution in [1.29, 1.82) is 0 Å². The number of ether oxygens (including phenoxy) is 2. The SMILES string of the molecule is COc1cc(F)cc(Cl)c1-c1ccc(C[C@H](NC(=O)c2c(Cl)cccc2Cl)C(=O)O)c2ncccc12.COc1cc(F)cc(Cl)c1-c1ccc(C[C@H](NC(=O)c2c(Cl)cccc2Cl)C(=O)O)c2ncccc12.